The molecule has 0 aliphatic carbocycles. The molecule has 17 N–H and O–H groups in total. The number of amides is 8. The maximum Gasteiger partial charge on any atom is 0.317 e. The number of carboxylic acid groups (broad SMARTS) is 1. The van der Waals surface area contributed by atoms with E-state index < -0.39 is 61.5 Å². The molecule has 8 amide bonds. The Bertz CT molecular complexity index is 5890. The van der Waals surface area contributed by atoms with Crippen molar-refractivity contribution >= 4 is 109 Å². The summed E-state index contributed by atoms with van der Waals surface area (Å²) >= 11 is 0. The van der Waals surface area contributed by atoms with E-state index in [2.05, 4.69) is 72.9 Å². The van der Waals surface area contributed by atoms with E-state index in [1.54, 1.807) is 101 Å². The van der Waals surface area contributed by atoms with Crippen molar-refractivity contribution < 1.29 is 94.9 Å². The summed E-state index contributed by atoms with van der Waals surface area (Å²) < 4.78 is 164. The van der Waals surface area contributed by atoms with E-state index in [4.69, 9.17) is 57.5 Å². The van der Waals surface area contributed by atoms with Gasteiger partial charge in [0.2, 0.25) is 0 Å². The largest absolute Gasteiger partial charge is 0.492 e. The van der Waals surface area contributed by atoms with Gasteiger partial charge in [-0.3, -0.25) is 4.79 Å². The molecule has 7 heterocycles. The van der Waals surface area contributed by atoms with E-state index in [9.17, 15) is 66.1 Å². The molecule has 0 bridgehead atoms. The third kappa shape index (κ3) is 28.7. The molecule has 6 aromatic carbocycles. The van der Waals surface area contributed by atoms with Crippen LogP contribution in [0, 0.1) is 16.2 Å². The minimum absolute atomic E-state index is 0.0202. The van der Waals surface area contributed by atoms with Crippen LogP contribution < -0.4 is 84.3 Å². The molecule has 39 nitrogen and oxygen atoms in total. The Morgan fingerprint density at radius 3 is 1.02 bits per heavy atom. The van der Waals surface area contributed by atoms with Gasteiger partial charge in [-0.1, -0.05) is 126 Å². The number of nitrogens with two attached hydrogens (primary N) is 5. The highest BCUT2D eigenvalue weighted by Crippen LogP contribution is 2.36. The summed E-state index contributed by atoms with van der Waals surface area (Å²) in [6.07, 6.45) is 5.47. The van der Waals surface area contributed by atoms with Gasteiger partial charge >= 0.3 is 30.1 Å². The third-order valence-corrected chi connectivity index (χ3v) is 26.5. The molecule has 0 radical (unpaired) electrons. The number of rotatable bonds is 27. The predicted molar refractivity (Wildman–Crippen MR) is 491 cm³/mol. The number of urea groups is 4. The van der Waals surface area contributed by atoms with Gasteiger partial charge in [0.15, 0.2) is 0 Å². The number of nitrogens with zero attached hydrogens (tertiary/aromatic N) is 7. The number of sulfonamides is 5. The Balaban J connectivity index is 0.000000183. The number of aliphatic carboxylic acids is 1. The van der Waals surface area contributed by atoms with Crippen molar-refractivity contribution in [3.63, 3.8) is 0 Å². The average Bonchev–Trinajstić information content (AvgIpc) is 1.37. The van der Waals surface area contributed by atoms with Gasteiger partial charge in [0.1, 0.15) is 77.7 Å². The van der Waals surface area contributed by atoms with Gasteiger partial charge in [0.25, 0.3) is 50.1 Å². The highest BCUT2D eigenvalue weighted by Gasteiger charge is 2.37. The highest BCUT2D eigenvalue weighted by atomic mass is 32.2. The van der Waals surface area contributed by atoms with Gasteiger partial charge in [0.05, 0.1) is 87.3 Å². The van der Waals surface area contributed by atoms with Crippen molar-refractivity contribution in [3.05, 3.63) is 182 Å². The van der Waals surface area contributed by atoms with Crippen LogP contribution in [0.3, 0.4) is 0 Å². The van der Waals surface area contributed by atoms with Gasteiger partial charge in [-0.2, -0.15) is 0 Å². The Hall–Kier alpha value is -12.0. The summed E-state index contributed by atoms with van der Waals surface area (Å²) in [5.41, 5.74) is 34.9. The van der Waals surface area contributed by atoms with Gasteiger partial charge in [-0.05, 0) is 135 Å². The molecule has 44 heteroatoms. The number of carbonyl (C=O) groups excluding carboxylic acids is 4. The zero-order valence-electron chi connectivity index (χ0n) is 73.8. The van der Waals surface area contributed by atoms with Crippen LogP contribution in [-0.4, -0.2) is 207 Å². The summed E-state index contributed by atoms with van der Waals surface area (Å²) in [4.78, 5) is 62.7. The number of amidine groups is 5. The second-order valence-electron chi connectivity index (χ2n) is 33.4. The van der Waals surface area contributed by atoms with Crippen molar-refractivity contribution in [2.75, 3.05) is 78.8 Å². The molecule has 129 heavy (non-hydrogen) atoms. The maximum absolute atomic E-state index is 12.2. The fourth-order valence-corrected chi connectivity index (χ4v) is 19.6. The van der Waals surface area contributed by atoms with Gasteiger partial charge in [-0.15, -0.1) is 22.0 Å². The fourth-order valence-electron chi connectivity index (χ4n) is 14.1. The van der Waals surface area contributed by atoms with Crippen LogP contribution in [0.1, 0.15) is 168 Å². The Kier molecular flexibility index (Phi) is 33.9. The number of nitrogens with one attached hydrogen (secondary N) is 6. The van der Waals surface area contributed by atoms with Crippen LogP contribution in [0.2, 0.25) is 0 Å². The summed E-state index contributed by atoms with van der Waals surface area (Å²) in [5, 5.41) is 26.0. The quantitative estimate of drug-likeness (QED) is 0.0266. The number of benzene rings is 6. The van der Waals surface area contributed by atoms with E-state index >= 15 is 0 Å². The van der Waals surface area contributed by atoms with Crippen molar-refractivity contribution in [2.45, 2.75) is 155 Å². The van der Waals surface area contributed by atoms with Crippen LogP contribution in [0.25, 0.3) is 0 Å². The standard InChI is InChI=1S/C23H30N4O4S.C17H24N4O4S.C16H22N4O4S.C16H24N4O4S.C13H16N2O5S/c1-4-16-8-10-17(11-9-16)12-25-22(28)26-14-23(2,3)15-31-19-7-5-6-18-13-32(29,30)27-21(24)20(18)19;1-2-8-19-17(22)21-9-4-6-13(21)10-25-14-7-3-5-12-11-26(23,24)20-16(18)15(12)14;1-2-18-16(21)20-8-4-6-12(20)9-24-13-7-3-5-11-10-25(22,23)19-15(17)14(11)13;1-4-18-15(21)19-9-16(2,3)10-24-12-7-5-6-11-8-25(22,23)20-14(17)13(11)12;1-13(2,12(16)17)7-20-9-5-3-4-8-6-21(18,19)15-11(14)10(8)9/h5-11H,4,12-15H2,1-3H3,(H2,24,27)(H2,25,26,28);3,5,7,13H,2,4,6,8-11H2,1H3,(H2,18,20)(H,19,22);3,5,7,12H,2,4,6,8-10H2,1H3,(H2,17,19)(H,18,21);5-7H,4,8-10H2,1-3H3,(H2,17,20)(H2,18,19,21);3-5H,6-7H2,1-2H3,(H2,14,15)(H,16,17)/t;13-;12-;;/m.00../s1. The molecule has 7 aliphatic rings. The minimum atomic E-state index is -3.61. The first-order chi connectivity index (χ1) is 60.7. The van der Waals surface area contributed by atoms with Gasteiger partial charge in [0, 0.05) is 63.2 Å². The lowest BCUT2D eigenvalue weighted by Gasteiger charge is -2.26. The first-order valence-electron chi connectivity index (χ1n) is 41.8. The molecular formula is C85H116N18O21S5. The average molecular weight is 1890 g/mol. The second kappa shape index (κ2) is 43.4. The van der Waals surface area contributed by atoms with Crippen molar-refractivity contribution in [1.29, 1.82) is 0 Å². The highest BCUT2D eigenvalue weighted by molar-refractivity contribution is 7.90. The molecule has 6 aromatic rings. The number of ether oxygens (including phenoxy) is 5. The summed E-state index contributed by atoms with van der Waals surface area (Å²) in [6.45, 7) is 24.4. The molecule has 0 unspecified atom stereocenters. The van der Waals surface area contributed by atoms with Crippen LogP contribution in [0.15, 0.2) is 137 Å². The normalized spacial score (nSPS) is 17.8. The van der Waals surface area contributed by atoms with Gasteiger partial charge < -0.3 is 99.2 Å². The number of hydrogen-bond acceptors (Lipinski definition) is 25. The Labute approximate surface area is 753 Å². The van der Waals surface area contributed by atoms with Crippen molar-refractivity contribution in [1.82, 2.24) is 41.7 Å². The van der Waals surface area contributed by atoms with Crippen LogP contribution in [-0.2, 0) is 96.6 Å². The maximum atomic E-state index is 12.2. The molecule has 2 saturated heterocycles. The summed E-state index contributed by atoms with van der Waals surface area (Å²) in [7, 11) is -17.9. The molecule has 2 atom stereocenters. The molecule has 13 rings (SSSR count). The zero-order valence-corrected chi connectivity index (χ0v) is 77.8. The van der Waals surface area contributed by atoms with E-state index in [1.165, 1.54) is 19.4 Å². The smallest absolute Gasteiger partial charge is 0.317 e. The molecular weight excluding hydrogens is 1770 g/mol. The zero-order chi connectivity index (χ0) is 94.6. The van der Waals surface area contributed by atoms with Crippen LogP contribution in [0.4, 0.5) is 19.2 Å². The molecule has 0 aromatic heterocycles. The van der Waals surface area contributed by atoms with Crippen molar-refractivity contribution in [3.8, 4) is 28.7 Å². The van der Waals surface area contributed by atoms with Crippen LogP contribution in [0.5, 0.6) is 28.7 Å². The fraction of sp³-hybridized carbons (Fsp3) is 0.459. The lowest BCUT2D eigenvalue weighted by molar-refractivity contribution is -0.148. The van der Waals surface area contributed by atoms with E-state index in [-0.39, 0.29) is 112 Å². The van der Waals surface area contributed by atoms with E-state index in [0.29, 0.717) is 163 Å². The Morgan fingerprint density at radius 2 is 0.705 bits per heavy atom. The number of likely N-dealkylation sites (tertiary alicyclic amines) is 2. The topological polar surface area (TPSA) is 593 Å². The first-order valence-corrected chi connectivity index (χ1v) is 49.8. The monoisotopic (exact) mass is 1880 g/mol. The van der Waals surface area contributed by atoms with E-state index in [1.807, 2.05) is 60.6 Å². The number of aryl methyl sites for hydroxylation is 1. The van der Waals surface area contributed by atoms with Gasteiger partial charge in [-0.25, -0.2) is 61.3 Å². The molecule has 0 saturated carbocycles. The lowest BCUT2D eigenvalue weighted by atomic mass is 9.95. The lowest BCUT2D eigenvalue weighted by Crippen LogP contribution is -2.45. The SMILES string of the molecule is CC(C)(COc1cccc2c1C(N)=NS(=O)(=O)C2)C(=O)O.CCCNC(=O)N1CCC[C@H]1COc1cccc2c1C(N)=NS(=O)(=O)C2.CCNC(=O)N1CCC[C@H]1COc1cccc2c1C(N)=NS(=O)(=O)C2.CCNC(=O)NCC(C)(C)COc1cccc2c1C(N)=NS(=O)(=O)C2.CCc1ccc(CNC(=O)NCC(C)(C)COc2cccc3c2C(N)=NS(=O)(=O)C3)cc1. The Morgan fingerprint density at radius 1 is 0.403 bits per heavy atom. The molecule has 7 aliphatic heterocycles. The molecule has 2 fully saturated rings. The summed E-state index contributed by atoms with van der Waals surface area (Å²) in [6, 6.07) is 33.0. The molecule has 702 valence electrons. The number of carbonyl (C=O) groups is 5. The predicted octanol–water partition coefficient (Wildman–Crippen LogP) is 6.39. The second-order valence-corrected chi connectivity index (χ2v) is 41.6. The van der Waals surface area contributed by atoms with Crippen LogP contribution >= 0.6 is 0 Å². The van der Waals surface area contributed by atoms with Crippen molar-refractivity contribution in [2.24, 2.45) is 66.9 Å². The number of fused-ring (bicyclic) bond motifs is 5. The first kappa shape index (κ1) is 101. The minimum Gasteiger partial charge on any atom is -0.492 e. The number of carboxylic acids is 1. The summed E-state index contributed by atoms with van der Waals surface area (Å²) in [5.74, 6) is -0.0767. The molecule has 0 spiro atoms. The third-order valence-electron chi connectivity index (χ3n) is 20.8. The van der Waals surface area contributed by atoms with E-state index in [0.717, 1.165) is 44.1 Å². The number of hydrogen-bond donors (Lipinski definition) is 12.